The average Bonchev–Trinajstić information content (AvgIpc) is 2.76. The molecule has 0 unspecified atom stereocenters. The van der Waals surface area contributed by atoms with E-state index in [1.165, 1.54) is 9.13 Å². The number of fused-ring (bicyclic) bond motifs is 1. The van der Waals surface area contributed by atoms with Crippen LogP contribution < -0.4 is 5.32 Å². The number of anilines is 1. The number of nitrogens with zero attached hydrogens (tertiary/aromatic N) is 2. The smallest absolute Gasteiger partial charge is 0.133 e. The third-order valence-electron chi connectivity index (χ3n) is 4.35. The van der Waals surface area contributed by atoms with Crippen molar-refractivity contribution in [3.8, 4) is 16.9 Å². The van der Waals surface area contributed by atoms with E-state index in [4.69, 9.17) is 28.3 Å². The minimum atomic E-state index is 0.608. The number of hydrogen-bond donors (Lipinski definition) is 1. The number of hydrogen-bond acceptors (Lipinski definition) is 2. The van der Waals surface area contributed by atoms with Gasteiger partial charge in [0.1, 0.15) is 5.82 Å². The zero-order valence-electron chi connectivity index (χ0n) is 13.4. The van der Waals surface area contributed by atoms with Crippen LogP contribution in [0, 0.1) is 3.57 Å². The maximum absolute atomic E-state index is 6.22. The van der Waals surface area contributed by atoms with E-state index >= 15 is 0 Å². The Labute approximate surface area is 170 Å². The van der Waals surface area contributed by atoms with Gasteiger partial charge in [-0.1, -0.05) is 41.4 Å². The lowest BCUT2D eigenvalue weighted by molar-refractivity contribution is 0.780. The van der Waals surface area contributed by atoms with E-state index in [0.29, 0.717) is 10.0 Å². The third-order valence-corrected chi connectivity index (χ3v) is 5.73. The van der Waals surface area contributed by atoms with Gasteiger partial charge < -0.3 is 5.32 Å². The molecule has 25 heavy (non-hydrogen) atoms. The summed E-state index contributed by atoms with van der Waals surface area (Å²) in [7, 11) is 0. The fraction of sp³-hybridized carbons (Fsp3) is 0.211. The molecule has 3 nitrogen and oxygen atoms in total. The molecule has 6 heteroatoms. The first-order valence-electron chi connectivity index (χ1n) is 8.20. The molecule has 0 spiro atoms. The molecule has 1 aliphatic heterocycles. The molecule has 0 fully saturated rings. The van der Waals surface area contributed by atoms with E-state index in [1.54, 1.807) is 6.07 Å². The Balaban J connectivity index is 1.95. The van der Waals surface area contributed by atoms with Gasteiger partial charge in [-0.3, -0.25) is 0 Å². The van der Waals surface area contributed by atoms with Crippen LogP contribution in [0.4, 0.5) is 5.82 Å². The Morgan fingerprint density at radius 2 is 1.80 bits per heavy atom. The molecule has 0 bridgehead atoms. The number of nitrogens with one attached hydrogen (secondary N) is 1. The Morgan fingerprint density at radius 3 is 2.56 bits per heavy atom. The minimum absolute atomic E-state index is 0.608. The maximum atomic E-state index is 6.22. The first-order valence-corrected chi connectivity index (χ1v) is 10.0. The average molecular weight is 484 g/mol. The van der Waals surface area contributed by atoms with Crippen molar-refractivity contribution < 1.29 is 0 Å². The molecule has 1 aromatic heterocycles. The van der Waals surface area contributed by atoms with Crippen molar-refractivity contribution in [2.45, 2.75) is 19.3 Å². The van der Waals surface area contributed by atoms with Crippen molar-refractivity contribution in [1.29, 1.82) is 0 Å². The van der Waals surface area contributed by atoms with Gasteiger partial charge in [0.25, 0.3) is 0 Å². The van der Waals surface area contributed by atoms with Crippen molar-refractivity contribution in [2.75, 3.05) is 11.9 Å². The van der Waals surface area contributed by atoms with Crippen molar-refractivity contribution >= 4 is 51.6 Å². The van der Waals surface area contributed by atoms with Gasteiger partial charge in [-0.25, -0.2) is 4.68 Å². The first-order chi connectivity index (χ1) is 12.1. The van der Waals surface area contributed by atoms with Crippen molar-refractivity contribution in [3.63, 3.8) is 0 Å². The lowest BCUT2D eigenvalue weighted by Crippen LogP contribution is -2.07. The summed E-state index contributed by atoms with van der Waals surface area (Å²) in [4.78, 5) is 0. The first kappa shape index (κ1) is 17.2. The highest BCUT2D eigenvalue weighted by molar-refractivity contribution is 14.1. The van der Waals surface area contributed by atoms with Crippen LogP contribution in [0.3, 0.4) is 0 Å². The van der Waals surface area contributed by atoms with Crippen LogP contribution in [-0.2, 0) is 6.42 Å². The summed E-state index contributed by atoms with van der Waals surface area (Å²) < 4.78 is 3.14. The predicted molar refractivity (Wildman–Crippen MR) is 113 cm³/mol. The number of rotatable bonds is 2. The van der Waals surface area contributed by atoms with Crippen LogP contribution in [0.5, 0.6) is 0 Å². The number of halogens is 3. The number of aromatic nitrogens is 2. The van der Waals surface area contributed by atoms with Gasteiger partial charge in [-0.05, 0) is 66.1 Å². The Kier molecular flexibility index (Phi) is 4.93. The zero-order chi connectivity index (χ0) is 17.4. The second kappa shape index (κ2) is 7.17. The number of benzene rings is 2. The van der Waals surface area contributed by atoms with Crippen LogP contribution in [-0.4, -0.2) is 16.3 Å². The summed E-state index contributed by atoms with van der Waals surface area (Å²) in [5.41, 5.74) is 4.33. The van der Waals surface area contributed by atoms with Crippen LogP contribution in [0.1, 0.15) is 18.4 Å². The lowest BCUT2D eigenvalue weighted by atomic mass is 10.0. The standard InChI is InChI=1S/C19H16Cl2IN3/c20-12-9-13(21)11-14(10-12)25-19-16(6-3-4-8-23-19)18(24-25)15-5-1-2-7-17(15)22/h1-2,5,7,9-11,23H,3-4,6,8H2. The molecule has 4 rings (SSSR count). The fourth-order valence-electron chi connectivity index (χ4n) is 3.22. The van der Waals surface area contributed by atoms with Gasteiger partial charge in [-0.2, -0.15) is 5.10 Å². The predicted octanol–water partition coefficient (Wildman–Crippen LogP) is 6.20. The monoisotopic (exact) mass is 483 g/mol. The van der Waals surface area contributed by atoms with Crippen molar-refractivity contribution in [2.24, 2.45) is 0 Å². The highest BCUT2D eigenvalue weighted by atomic mass is 127. The quantitative estimate of drug-likeness (QED) is 0.440. The van der Waals surface area contributed by atoms with Crippen LogP contribution >= 0.6 is 45.8 Å². The normalized spacial score (nSPS) is 13.9. The summed E-state index contributed by atoms with van der Waals surface area (Å²) in [6, 6.07) is 13.9. The molecule has 0 atom stereocenters. The molecule has 1 aliphatic rings. The summed E-state index contributed by atoms with van der Waals surface area (Å²) in [6.07, 6.45) is 3.31. The molecule has 0 aliphatic carbocycles. The van der Waals surface area contributed by atoms with E-state index < -0.39 is 0 Å². The third kappa shape index (κ3) is 3.39. The molecule has 0 saturated heterocycles. The van der Waals surface area contributed by atoms with E-state index in [0.717, 1.165) is 48.6 Å². The van der Waals surface area contributed by atoms with E-state index in [9.17, 15) is 0 Å². The van der Waals surface area contributed by atoms with Gasteiger partial charge in [0, 0.05) is 31.3 Å². The summed E-state index contributed by atoms with van der Waals surface area (Å²) in [5.74, 6) is 1.05. The molecular formula is C19H16Cl2IN3. The minimum Gasteiger partial charge on any atom is -0.370 e. The molecule has 0 saturated carbocycles. The molecule has 0 amide bonds. The summed E-state index contributed by atoms with van der Waals surface area (Å²) in [6.45, 7) is 0.943. The summed E-state index contributed by atoms with van der Waals surface area (Å²) >= 11 is 14.8. The largest absolute Gasteiger partial charge is 0.370 e. The molecule has 2 heterocycles. The molecule has 3 aromatic rings. The maximum Gasteiger partial charge on any atom is 0.133 e. The van der Waals surface area contributed by atoms with Crippen LogP contribution in [0.25, 0.3) is 16.9 Å². The SMILES string of the molecule is Clc1cc(Cl)cc(-n2nc(-c3ccccc3I)c3c2NCCCC3)c1. The van der Waals surface area contributed by atoms with Gasteiger partial charge in [0.15, 0.2) is 0 Å². The van der Waals surface area contributed by atoms with Crippen molar-refractivity contribution in [3.05, 3.63) is 61.6 Å². The van der Waals surface area contributed by atoms with Crippen LogP contribution in [0.2, 0.25) is 10.0 Å². The Morgan fingerprint density at radius 1 is 1.04 bits per heavy atom. The topological polar surface area (TPSA) is 29.9 Å². The van der Waals surface area contributed by atoms with Crippen molar-refractivity contribution in [1.82, 2.24) is 9.78 Å². The second-order valence-corrected chi connectivity index (χ2v) is 8.11. The highest BCUT2D eigenvalue weighted by Gasteiger charge is 2.23. The molecule has 1 N–H and O–H groups in total. The van der Waals surface area contributed by atoms with E-state index in [-0.39, 0.29) is 0 Å². The van der Waals surface area contributed by atoms with Crippen LogP contribution in [0.15, 0.2) is 42.5 Å². The van der Waals surface area contributed by atoms with Gasteiger partial charge in [0.05, 0.1) is 11.4 Å². The second-order valence-electron chi connectivity index (χ2n) is 6.08. The molecule has 2 aromatic carbocycles. The lowest BCUT2D eigenvalue weighted by Gasteiger charge is -2.10. The summed E-state index contributed by atoms with van der Waals surface area (Å²) in [5, 5.41) is 9.72. The highest BCUT2D eigenvalue weighted by Crippen LogP contribution is 2.36. The van der Waals surface area contributed by atoms with E-state index in [2.05, 4.69) is 52.2 Å². The molecular weight excluding hydrogens is 468 g/mol. The van der Waals surface area contributed by atoms with E-state index in [1.807, 2.05) is 16.8 Å². The van der Waals surface area contributed by atoms with Gasteiger partial charge in [0.2, 0.25) is 0 Å². The Bertz CT molecular complexity index is 916. The fourth-order valence-corrected chi connectivity index (χ4v) is 4.38. The Hall–Kier alpha value is -1.24. The van der Waals surface area contributed by atoms with Gasteiger partial charge in [-0.15, -0.1) is 0 Å². The zero-order valence-corrected chi connectivity index (χ0v) is 17.1. The molecule has 128 valence electrons. The molecule has 0 radical (unpaired) electrons. The van der Waals surface area contributed by atoms with Gasteiger partial charge >= 0.3 is 0 Å².